The SMILES string of the molecule is Cc1cc(CNCCCCC(Oc2ccc(F)c(C)c2)C(=O)N2C(=O)OCC2C(C)C)ccc1F. The number of hydrogen-bond donors (Lipinski definition) is 1. The van der Waals surface area contributed by atoms with E-state index in [0.717, 1.165) is 12.0 Å². The van der Waals surface area contributed by atoms with Crippen molar-refractivity contribution in [3.8, 4) is 5.75 Å². The zero-order valence-electron chi connectivity index (χ0n) is 20.8. The number of imide groups is 1. The standard InChI is InChI=1S/C27H34F2N2O4/c1-17(2)24-16-34-27(33)31(24)26(32)25(35-21-9-11-23(29)19(4)14-21)7-5-6-12-30-15-20-8-10-22(28)18(3)13-20/h8-11,13-14,17,24-25,30H,5-7,12,15-16H2,1-4H3. The number of halogens is 2. The lowest BCUT2D eigenvalue weighted by Gasteiger charge is -2.27. The van der Waals surface area contributed by atoms with Gasteiger partial charge in [0.25, 0.3) is 5.91 Å². The van der Waals surface area contributed by atoms with Gasteiger partial charge >= 0.3 is 6.09 Å². The molecule has 190 valence electrons. The lowest BCUT2D eigenvalue weighted by atomic mass is 10.0. The molecular weight excluding hydrogens is 454 g/mol. The molecule has 1 heterocycles. The number of carbonyl (C=O) groups is 2. The van der Waals surface area contributed by atoms with E-state index in [4.69, 9.17) is 9.47 Å². The predicted molar refractivity (Wildman–Crippen MR) is 129 cm³/mol. The molecular formula is C27H34F2N2O4. The van der Waals surface area contributed by atoms with E-state index in [9.17, 15) is 18.4 Å². The summed E-state index contributed by atoms with van der Waals surface area (Å²) in [4.78, 5) is 26.9. The molecule has 1 N–H and O–H groups in total. The summed E-state index contributed by atoms with van der Waals surface area (Å²) in [6.45, 7) is 8.70. The second-order valence-corrected chi connectivity index (χ2v) is 9.37. The van der Waals surface area contributed by atoms with Crippen molar-refractivity contribution < 1.29 is 27.8 Å². The Morgan fingerprint density at radius 2 is 1.80 bits per heavy atom. The third kappa shape index (κ3) is 7.01. The van der Waals surface area contributed by atoms with Gasteiger partial charge in [0.1, 0.15) is 24.0 Å². The molecule has 2 aromatic rings. The first kappa shape index (κ1) is 26.6. The van der Waals surface area contributed by atoms with Gasteiger partial charge in [-0.05, 0) is 86.5 Å². The molecule has 3 rings (SSSR count). The molecule has 0 saturated carbocycles. The second-order valence-electron chi connectivity index (χ2n) is 9.37. The molecule has 0 aromatic heterocycles. The summed E-state index contributed by atoms with van der Waals surface area (Å²) in [6.07, 6.45) is 0.274. The largest absolute Gasteiger partial charge is 0.481 e. The van der Waals surface area contributed by atoms with Gasteiger partial charge in [-0.15, -0.1) is 0 Å². The highest BCUT2D eigenvalue weighted by Crippen LogP contribution is 2.25. The topological polar surface area (TPSA) is 67.9 Å². The Morgan fingerprint density at radius 3 is 2.46 bits per heavy atom. The highest BCUT2D eigenvalue weighted by Gasteiger charge is 2.42. The molecule has 1 aliphatic rings. The summed E-state index contributed by atoms with van der Waals surface area (Å²) in [7, 11) is 0. The van der Waals surface area contributed by atoms with E-state index in [1.54, 1.807) is 26.0 Å². The summed E-state index contributed by atoms with van der Waals surface area (Å²) in [6, 6.07) is 9.01. The van der Waals surface area contributed by atoms with Gasteiger partial charge < -0.3 is 14.8 Å². The van der Waals surface area contributed by atoms with Crippen LogP contribution in [0.15, 0.2) is 36.4 Å². The van der Waals surface area contributed by atoms with Crippen molar-refractivity contribution in [1.82, 2.24) is 10.2 Å². The normalized spacial score (nSPS) is 16.5. The van der Waals surface area contributed by atoms with Crippen LogP contribution in [-0.2, 0) is 16.1 Å². The number of cyclic esters (lactones) is 1. The third-order valence-electron chi connectivity index (χ3n) is 6.22. The number of carbonyl (C=O) groups excluding carboxylic acids is 2. The lowest BCUT2D eigenvalue weighted by molar-refractivity contribution is -0.137. The van der Waals surface area contributed by atoms with Gasteiger partial charge in [-0.2, -0.15) is 0 Å². The van der Waals surface area contributed by atoms with Crippen LogP contribution in [-0.4, -0.2) is 42.2 Å². The highest BCUT2D eigenvalue weighted by molar-refractivity contribution is 5.96. The molecule has 6 nitrogen and oxygen atoms in total. The molecule has 0 aliphatic carbocycles. The third-order valence-corrected chi connectivity index (χ3v) is 6.22. The Balaban J connectivity index is 1.60. The number of nitrogens with one attached hydrogen (secondary N) is 1. The zero-order chi connectivity index (χ0) is 25.5. The molecule has 8 heteroatoms. The van der Waals surface area contributed by atoms with Gasteiger partial charge in [-0.3, -0.25) is 4.79 Å². The van der Waals surface area contributed by atoms with E-state index in [2.05, 4.69) is 5.32 Å². The van der Waals surface area contributed by atoms with E-state index < -0.39 is 18.1 Å². The molecule has 1 fully saturated rings. The minimum atomic E-state index is -0.897. The Bertz CT molecular complexity index is 1040. The van der Waals surface area contributed by atoms with Gasteiger partial charge in [-0.25, -0.2) is 18.5 Å². The number of nitrogens with zero attached hydrogens (tertiary/aromatic N) is 1. The number of rotatable bonds is 11. The Labute approximate surface area is 205 Å². The molecule has 35 heavy (non-hydrogen) atoms. The fourth-order valence-corrected chi connectivity index (χ4v) is 4.05. The van der Waals surface area contributed by atoms with Crippen LogP contribution in [0.1, 0.15) is 49.8 Å². The van der Waals surface area contributed by atoms with E-state index >= 15 is 0 Å². The first-order chi connectivity index (χ1) is 16.7. The van der Waals surface area contributed by atoms with Crippen LogP contribution in [0, 0.1) is 31.4 Å². The Hall–Kier alpha value is -3.00. The van der Waals surface area contributed by atoms with E-state index in [1.807, 2.05) is 19.9 Å². The van der Waals surface area contributed by atoms with E-state index in [1.165, 1.54) is 23.1 Å². The van der Waals surface area contributed by atoms with Crippen molar-refractivity contribution in [1.29, 1.82) is 0 Å². The van der Waals surface area contributed by atoms with Gasteiger partial charge in [0.15, 0.2) is 6.10 Å². The molecule has 2 amide bonds. The average Bonchev–Trinajstić information content (AvgIpc) is 3.21. The van der Waals surface area contributed by atoms with Crippen LogP contribution in [0.2, 0.25) is 0 Å². The predicted octanol–water partition coefficient (Wildman–Crippen LogP) is 5.29. The summed E-state index contributed by atoms with van der Waals surface area (Å²) in [5.41, 5.74) is 2.02. The van der Waals surface area contributed by atoms with Gasteiger partial charge in [0.05, 0.1) is 6.04 Å². The maximum absolute atomic E-state index is 13.7. The van der Waals surface area contributed by atoms with Crippen LogP contribution in [0.5, 0.6) is 5.75 Å². The number of benzene rings is 2. The fraction of sp³-hybridized carbons (Fsp3) is 0.481. The number of ether oxygens (including phenoxy) is 2. The van der Waals surface area contributed by atoms with E-state index in [-0.39, 0.29) is 30.2 Å². The molecule has 2 unspecified atom stereocenters. The van der Waals surface area contributed by atoms with Crippen molar-refractivity contribution in [3.05, 3.63) is 64.7 Å². The summed E-state index contributed by atoms with van der Waals surface area (Å²) < 4.78 is 38.2. The van der Waals surface area contributed by atoms with Crippen molar-refractivity contribution in [3.63, 3.8) is 0 Å². The smallest absolute Gasteiger partial charge is 0.417 e. The minimum absolute atomic E-state index is 0.0402. The van der Waals surface area contributed by atoms with Gasteiger partial charge in [0.2, 0.25) is 0 Å². The number of amides is 2. The van der Waals surface area contributed by atoms with Gasteiger partial charge in [0, 0.05) is 6.54 Å². The molecule has 2 atom stereocenters. The maximum atomic E-state index is 13.7. The van der Waals surface area contributed by atoms with Crippen molar-refractivity contribution in [2.24, 2.45) is 5.92 Å². The van der Waals surface area contributed by atoms with Crippen molar-refractivity contribution in [2.75, 3.05) is 13.2 Å². The van der Waals surface area contributed by atoms with Crippen LogP contribution < -0.4 is 10.1 Å². The lowest BCUT2D eigenvalue weighted by Crippen LogP contribution is -2.48. The summed E-state index contributed by atoms with van der Waals surface area (Å²) >= 11 is 0. The molecule has 0 bridgehead atoms. The van der Waals surface area contributed by atoms with Crippen LogP contribution >= 0.6 is 0 Å². The first-order valence-electron chi connectivity index (χ1n) is 12.1. The summed E-state index contributed by atoms with van der Waals surface area (Å²) in [5, 5.41) is 3.32. The maximum Gasteiger partial charge on any atom is 0.417 e. The average molecular weight is 489 g/mol. The zero-order valence-corrected chi connectivity index (χ0v) is 20.8. The monoisotopic (exact) mass is 488 g/mol. The quantitative estimate of drug-likeness (QED) is 0.435. The number of hydrogen-bond acceptors (Lipinski definition) is 5. The van der Waals surface area contributed by atoms with E-state index in [0.29, 0.717) is 42.8 Å². The molecule has 2 aromatic carbocycles. The van der Waals surface area contributed by atoms with Crippen molar-refractivity contribution >= 4 is 12.0 Å². The molecule has 0 radical (unpaired) electrons. The highest BCUT2D eigenvalue weighted by atomic mass is 19.1. The first-order valence-corrected chi connectivity index (χ1v) is 12.1. The Morgan fingerprint density at radius 1 is 1.11 bits per heavy atom. The van der Waals surface area contributed by atoms with Crippen LogP contribution in [0.3, 0.4) is 0 Å². The van der Waals surface area contributed by atoms with Crippen LogP contribution in [0.4, 0.5) is 13.6 Å². The number of unbranched alkanes of at least 4 members (excludes halogenated alkanes) is 1. The minimum Gasteiger partial charge on any atom is -0.481 e. The van der Waals surface area contributed by atoms with Gasteiger partial charge in [-0.1, -0.05) is 26.0 Å². The molecule has 1 aliphatic heterocycles. The second kappa shape index (κ2) is 12.1. The molecule has 0 spiro atoms. The molecule has 1 saturated heterocycles. The number of aryl methyl sites for hydroxylation is 2. The van der Waals surface area contributed by atoms with Crippen LogP contribution in [0.25, 0.3) is 0 Å². The van der Waals surface area contributed by atoms with Crippen molar-refractivity contribution in [2.45, 2.75) is 65.6 Å². The summed E-state index contributed by atoms with van der Waals surface area (Å²) in [5.74, 6) is -0.602. The fourth-order valence-electron chi connectivity index (χ4n) is 4.05. The Kier molecular flexibility index (Phi) is 9.20.